The van der Waals surface area contributed by atoms with Crippen LogP contribution in [0.25, 0.3) is 0 Å². The van der Waals surface area contributed by atoms with Crippen LogP contribution in [0.2, 0.25) is 0 Å². The third-order valence-corrected chi connectivity index (χ3v) is 5.08. The first kappa shape index (κ1) is 17.8. The first-order valence-electron chi connectivity index (χ1n) is 7.87. The Morgan fingerprint density at radius 3 is 2.74 bits per heavy atom. The van der Waals surface area contributed by atoms with Gasteiger partial charge >= 0.3 is 0 Å². The molecule has 6 heteroatoms. The van der Waals surface area contributed by atoms with Gasteiger partial charge in [-0.05, 0) is 18.9 Å². The Balaban J connectivity index is 2.04. The molecule has 2 rings (SSSR count). The molecule has 1 heterocycles. The highest BCUT2D eigenvalue weighted by molar-refractivity contribution is 8.01. The standard InChI is InChI=1S/C17H23FN2O2S/c1-11(2)10-19-15(21)8-9-20-16(22)12(3)23-17(20)13-6-4-5-7-14(13)18/h4-7,11-12,17H,8-10H2,1-3H3,(H,19,21)/t12-,17-/m0/s1. The van der Waals surface area contributed by atoms with Crippen molar-refractivity contribution in [3.63, 3.8) is 0 Å². The van der Waals surface area contributed by atoms with Gasteiger partial charge in [0, 0.05) is 25.1 Å². The first-order chi connectivity index (χ1) is 10.9. The zero-order chi connectivity index (χ0) is 17.0. The van der Waals surface area contributed by atoms with Gasteiger partial charge < -0.3 is 10.2 Å². The summed E-state index contributed by atoms with van der Waals surface area (Å²) in [5.74, 6) is -0.0569. The van der Waals surface area contributed by atoms with Crippen LogP contribution in [0.5, 0.6) is 0 Å². The summed E-state index contributed by atoms with van der Waals surface area (Å²) in [4.78, 5) is 25.8. The van der Waals surface area contributed by atoms with E-state index >= 15 is 0 Å². The highest BCUT2D eigenvalue weighted by Gasteiger charge is 2.39. The van der Waals surface area contributed by atoms with Crippen molar-refractivity contribution in [2.45, 2.75) is 37.8 Å². The summed E-state index contributed by atoms with van der Waals surface area (Å²) in [5.41, 5.74) is 0.498. The van der Waals surface area contributed by atoms with Crippen LogP contribution in [0.1, 0.15) is 38.1 Å². The molecule has 1 N–H and O–H groups in total. The third kappa shape index (κ3) is 4.47. The van der Waals surface area contributed by atoms with E-state index in [9.17, 15) is 14.0 Å². The van der Waals surface area contributed by atoms with Gasteiger partial charge in [0.2, 0.25) is 11.8 Å². The van der Waals surface area contributed by atoms with Gasteiger partial charge in [0.25, 0.3) is 0 Å². The molecule has 2 amide bonds. The number of carbonyl (C=O) groups is 2. The molecule has 0 saturated carbocycles. The van der Waals surface area contributed by atoms with E-state index in [1.165, 1.54) is 17.8 Å². The van der Waals surface area contributed by atoms with Crippen molar-refractivity contribution in [3.8, 4) is 0 Å². The number of thioether (sulfide) groups is 1. The van der Waals surface area contributed by atoms with E-state index in [1.54, 1.807) is 23.1 Å². The number of rotatable bonds is 6. The summed E-state index contributed by atoms with van der Waals surface area (Å²) in [5, 5.41) is 2.25. The van der Waals surface area contributed by atoms with Crippen molar-refractivity contribution in [3.05, 3.63) is 35.6 Å². The lowest BCUT2D eigenvalue weighted by Crippen LogP contribution is -2.35. The maximum absolute atomic E-state index is 14.0. The molecule has 0 bridgehead atoms. The van der Waals surface area contributed by atoms with Gasteiger partial charge in [0.15, 0.2) is 0 Å². The number of carbonyl (C=O) groups excluding carboxylic acids is 2. The van der Waals surface area contributed by atoms with E-state index < -0.39 is 0 Å². The molecule has 1 aromatic rings. The van der Waals surface area contributed by atoms with Crippen molar-refractivity contribution in [1.82, 2.24) is 10.2 Å². The first-order valence-corrected chi connectivity index (χ1v) is 8.81. The lowest BCUT2D eigenvalue weighted by Gasteiger charge is -2.24. The fourth-order valence-electron chi connectivity index (χ4n) is 2.45. The topological polar surface area (TPSA) is 49.4 Å². The third-order valence-electron chi connectivity index (χ3n) is 3.71. The van der Waals surface area contributed by atoms with Gasteiger partial charge in [0.05, 0.1) is 5.25 Å². The Labute approximate surface area is 140 Å². The van der Waals surface area contributed by atoms with Crippen LogP contribution in [0, 0.1) is 11.7 Å². The second-order valence-electron chi connectivity index (χ2n) is 6.13. The summed E-state index contributed by atoms with van der Waals surface area (Å²) in [6.45, 7) is 6.79. The highest BCUT2D eigenvalue weighted by Crippen LogP contribution is 2.43. The SMILES string of the molecule is CC(C)CNC(=O)CCN1C(=O)[C@H](C)S[C@H]1c1ccccc1F. The molecule has 1 fully saturated rings. The number of amides is 2. The second-order valence-corrected chi connectivity index (χ2v) is 7.56. The maximum Gasteiger partial charge on any atom is 0.236 e. The Morgan fingerprint density at radius 2 is 2.09 bits per heavy atom. The number of benzene rings is 1. The predicted octanol–water partition coefficient (Wildman–Crippen LogP) is 2.95. The van der Waals surface area contributed by atoms with Gasteiger partial charge in [-0.15, -0.1) is 11.8 Å². The molecule has 23 heavy (non-hydrogen) atoms. The van der Waals surface area contributed by atoms with Crippen LogP contribution < -0.4 is 5.32 Å². The summed E-state index contributed by atoms with van der Waals surface area (Å²) < 4.78 is 14.0. The van der Waals surface area contributed by atoms with Gasteiger partial charge in [0.1, 0.15) is 11.2 Å². The van der Waals surface area contributed by atoms with E-state index in [0.29, 0.717) is 24.6 Å². The smallest absolute Gasteiger partial charge is 0.236 e. The van der Waals surface area contributed by atoms with E-state index in [4.69, 9.17) is 0 Å². The molecule has 0 aliphatic carbocycles. The highest BCUT2D eigenvalue weighted by atomic mass is 32.2. The zero-order valence-electron chi connectivity index (χ0n) is 13.7. The predicted molar refractivity (Wildman–Crippen MR) is 90.4 cm³/mol. The molecule has 4 nitrogen and oxygen atoms in total. The molecule has 126 valence electrons. The van der Waals surface area contributed by atoms with Crippen molar-refractivity contribution in [2.75, 3.05) is 13.1 Å². The minimum Gasteiger partial charge on any atom is -0.356 e. The molecule has 0 unspecified atom stereocenters. The maximum atomic E-state index is 14.0. The number of hydrogen-bond acceptors (Lipinski definition) is 3. The summed E-state index contributed by atoms with van der Waals surface area (Å²) in [6, 6.07) is 6.49. The van der Waals surface area contributed by atoms with Crippen molar-refractivity contribution in [2.24, 2.45) is 5.92 Å². The Morgan fingerprint density at radius 1 is 1.39 bits per heavy atom. The summed E-state index contributed by atoms with van der Waals surface area (Å²) >= 11 is 1.42. The fraction of sp³-hybridized carbons (Fsp3) is 0.529. The Bertz CT molecular complexity index is 579. The quantitative estimate of drug-likeness (QED) is 0.867. The molecular formula is C17H23FN2O2S. The van der Waals surface area contributed by atoms with Gasteiger partial charge in [-0.1, -0.05) is 32.0 Å². The van der Waals surface area contributed by atoms with Gasteiger partial charge in [-0.25, -0.2) is 4.39 Å². The molecule has 2 atom stereocenters. The van der Waals surface area contributed by atoms with Crippen molar-refractivity contribution >= 4 is 23.6 Å². The van der Waals surface area contributed by atoms with Crippen LogP contribution in [0.3, 0.4) is 0 Å². The number of nitrogens with one attached hydrogen (secondary N) is 1. The van der Waals surface area contributed by atoms with Crippen LogP contribution in [0.4, 0.5) is 4.39 Å². The molecule has 1 aromatic carbocycles. The van der Waals surface area contributed by atoms with Crippen LogP contribution in [-0.4, -0.2) is 35.1 Å². The van der Waals surface area contributed by atoms with E-state index in [0.717, 1.165) is 0 Å². The lowest BCUT2D eigenvalue weighted by molar-refractivity contribution is -0.130. The monoisotopic (exact) mass is 338 g/mol. The lowest BCUT2D eigenvalue weighted by atomic mass is 10.2. The van der Waals surface area contributed by atoms with Crippen molar-refractivity contribution in [1.29, 1.82) is 0 Å². The average Bonchev–Trinajstić information content (AvgIpc) is 2.79. The zero-order valence-corrected chi connectivity index (χ0v) is 14.5. The largest absolute Gasteiger partial charge is 0.356 e. The molecular weight excluding hydrogens is 315 g/mol. The molecule has 0 aromatic heterocycles. The second kappa shape index (κ2) is 7.81. The summed E-state index contributed by atoms with van der Waals surface area (Å²) in [6.07, 6.45) is 0.233. The minimum atomic E-state index is -0.364. The molecule has 0 radical (unpaired) electrons. The van der Waals surface area contributed by atoms with Crippen LogP contribution in [0.15, 0.2) is 24.3 Å². The van der Waals surface area contributed by atoms with Gasteiger partial charge in [-0.3, -0.25) is 9.59 Å². The minimum absolute atomic E-state index is 0.0417. The molecule has 1 aliphatic rings. The normalized spacial score (nSPS) is 21.1. The Kier molecular flexibility index (Phi) is 6.04. The van der Waals surface area contributed by atoms with Crippen LogP contribution >= 0.6 is 11.8 Å². The summed E-state index contributed by atoms with van der Waals surface area (Å²) in [7, 11) is 0. The van der Waals surface area contributed by atoms with Gasteiger partial charge in [-0.2, -0.15) is 0 Å². The van der Waals surface area contributed by atoms with E-state index in [2.05, 4.69) is 5.32 Å². The van der Waals surface area contributed by atoms with Crippen molar-refractivity contribution < 1.29 is 14.0 Å². The number of halogens is 1. The Hall–Kier alpha value is -1.56. The van der Waals surface area contributed by atoms with E-state index in [1.807, 2.05) is 20.8 Å². The molecule has 1 aliphatic heterocycles. The van der Waals surface area contributed by atoms with E-state index in [-0.39, 0.29) is 34.7 Å². The number of nitrogens with zero attached hydrogens (tertiary/aromatic N) is 1. The fourth-order valence-corrected chi connectivity index (χ4v) is 3.78. The van der Waals surface area contributed by atoms with Crippen LogP contribution in [-0.2, 0) is 9.59 Å². The average molecular weight is 338 g/mol. The molecule has 1 saturated heterocycles. The number of hydrogen-bond donors (Lipinski definition) is 1. The molecule has 0 spiro atoms.